The van der Waals surface area contributed by atoms with Crippen molar-refractivity contribution in [1.82, 2.24) is 0 Å². The summed E-state index contributed by atoms with van der Waals surface area (Å²) in [5.74, 6) is 0. The Bertz CT molecular complexity index is 34.7. The average Bonchev–Trinajstić information content (AvgIpc) is 1.72. The molecule has 0 radical (unpaired) electrons. The predicted molar refractivity (Wildman–Crippen MR) is 23.4 cm³/mol. The Kier molecular flexibility index (Phi) is 14.0. The molecule has 0 aliphatic carbocycles. The molecule has 0 aromatic rings. The molecule has 0 aromatic heterocycles. The van der Waals surface area contributed by atoms with E-state index in [1.54, 1.807) is 0 Å². The normalized spacial score (nSPS) is 18.0. The van der Waals surface area contributed by atoms with Crippen molar-refractivity contribution in [3.05, 3.63) is 0 Å². The molecule has 1 aliphatic rings. The van der Waals surface area contributed by atoms with Gasteiger partial charge in [-0.2, -0.15) is 0 Å². The van der Waals surface area contributed by atoms with Crippen LogP contribution in [0.5, 0.6) is 0 Å². The van der Waals surface area contributed by atoms with E-state index in [0.29, 0.717) is 0 Å². The van der Waals surface area contributed by atoms with Gasteiger partial charge in [-0.3, -0.25) is 0 Å². The fraction of sp³-hybridized carbons (Fsp3) is 1.00. The van der Waals surface area contributed by atoms with Gasteiger partial charge in [0.1, 0.15) is 0 Å². The quantitative estimate of drug-likeness (QED) is 0.245. The molecule has 0 saturated carbocycles. The third-order valence-corrected chi connectivity index (χ3v) is 0.789. The van der Waals surface area contributed by atoms with Gasteiger partial charge in [0.05, 0.1) is 13.2 Å². The van der Waals surface area contributed by atoms with Crippen LogP contribution in [-0.2, 0) is 9.78 Å². The topological polar surface area (TPSA) is 18.5 Å². The van der Waals surface area contributed by atoms with Crippen molar-refractivity contribution >= 4 is 0 Å². The van der Waals surface area contributed by atoms with E-state index in [2.05, 4.69) is 9.78 Å². The Morgan fingerprint density at radius 3 is 1.38 bits per heavy atom. The van der Waals surface area contributed by atoms with Gasteiger partial charge in [-0.25, -0.2) is 9.78 Å². The minimum absolute atomic E-state index is 0. The van der Waals surface area contributed by atoms with Crippen LogP contribution >= 0.6 is 0 Å². The Labute approximate surface area is 96.8 Å². The monoisotopic (exact) mass is 136 g/mol. The maximum Gasteiger partial charge on any atom is 1.00 e. The van der Waals surface area contributed by atoms with Crippen molar-refractivity contribution in [2.75, 3.05) is 13.2 Å². The molecule has 0 aromatic carbocycles. The van der Waals surface area contributed by atoms with Gasteiger partial charge in [-0.05, 0) is 12.8 Å². The summed E-state index contributed by atoms with van der Waals surface area (Å²) in [4.78, 5) is 9.14. The maximum atomic E-state index is 4.57. The second kappa shape index (κ2) is 8.92. The Morgan fingerprint density at radius 2 is 1.25 bits per heavy atom. The molecule has 0 atom stereocenters. The second-order valence-corrected chi connectivity index (χ2v) is 1.35. The largest absolute Gasteiger partial charge is 1.00 e. The van der Waals surface area contributed by atoms with Crippen LogP contribution in [0, 0.1) is 0 Å². The van der Waals surface area contributed by atoms with Gasteiger partial charge in [0, 0.05) is 0 Å². The number of hydrogen-bond acceptors (Lipinski definition) is 2. The molecular formula is C4H10Na2O2. The first-order valence-corrected chi connectivity index (χ1v) is 2.24. The summed E-state index contributed by atoms with van der Waals surface area (Å²) in [6.45, 7) is 1.56. The van der Waals surface area contributed by atoms with Gasteiger partial charge >= 0.3 is 59.1 Å². The number of hydrogen-bond donors (Lipinski definition) is 0. The molecular weight excluding hydrogens is 126 g/mol. The minimum atomic E-state index is 0. The second-order valence-electron chi connectivity index (χ2n) is 1.35. The summed E-state index contributed by atoms with van der Waals surface area (Å²) in [5.41, 5.74) is 0. The van der Waals surface area contributed by atoms with Crippen LogP contribution in [0.4, 0.5) is 0 Å². The van der Waals surface area contributed by atoms with E-state index in [-0.39, 0.29) is 62.0 Å². The molecule has 0 N–H and O–H groups in total. The molecule has 0 spiro atoms. The first-order chi connectivity index (χ1) is 3.00. The molecule has 0 bridgehead atoms. The Hall–Kier alpha value is 1.92. The van der Waals surface area contributed by atoms with Gasteiger partial charge in [-0.15, -0.1) is 0 Å². The maximum absolute atomic E-state index is 4.57. The Balaban J connectivity index is -0.0000000450. The summed E-state index contributed by atoms with van der Waals surface area (Å²) in [7, 11) is 0. The van der Waals surface area contributed by atoms with Crippen molar-refractivity contribution < 1.29 is 71.7 Å². The molecule has 40 valence electrons. The zero-order valence-electron chi connectivity index (χ0n) is 7.64. The molecule has 2 nitrogen and oxygen atoms in total. The van der Waals surface area contributed by atoms with Gasteiger partial charge in [0.15, 0.2) is 0 Å². The SMILES string of the molecule is C1CCOOC1.[H-].[H-].[Na+].[Na+]. The molecule has 1 fully saturated rings. The van der Waals surface area contributed by atoms with E-state index in [1.165, 1.54) is 0 Å². The summed E-state index contributed by atoms with van der Waals surface area (Å²) in [6.07, 6.45) is 2.31. The Morgan fingerprint density at radius 1 is 0.875 bits per heavy atom. The van der Waals surface area contributed by atoms with Gasteiger partial charge < -0.3 is 2.85 Å². The molecule has 0 amide bonds. The number of rotatable bonds is 0. The molecule has 1 aliphatic heterocycles. The van der Waals surface area contributed by atoms with Gasteiger partial charge in [-0.1, -0.05) is 0 Å². The van der Waals surface area contributed by atoms with E-state index in [9.17, 15) is 0 Å². The summed E-state index contributed by atoms with van der Waals surface area (Å²) < 4.78 is 0. The van der Waals surface area contributed by atoms with Crippen LogP contribution in [-0.4, -0.2) is 13.2 Å². The van der Waals surface area contributed by atoms with E-state index in [4.69, 9.17) is 0 Å². The standard InChI is InChI=1S/C4H8O2.2Na.2H/c1-2-4-6-5-3-1;;;;/h1-4H2;;;;/q;2*+1;2*-1. The van der Waals surface area contributed by atoms with Crippen LogP contribution in [0.25, 0.3) is 0 Å². The summed E-state index contributed by atoms with van der Waals surface area (Å²) in [5, 5.41) is 0. The third kappa shape index (κ3) is 6.05. The van der Waals surface area contributed by atoms with Crippen molar-refractivity contribution in [3.8, 4) is 0 Å². The molecule has 1 heterocycles. The predicted octanol–water partition coefficient (Wildman–Crippen LogP) is -5.04. The fourth-order valence-corrected chi connectivity index (χ4v) is 0.440. The van der Waals surface area contributed by atoms with Crippen LogP contribution in [0.1, 0.15) is 15.7 Å². The van der Waals surface area contributed by atoms with Gasteiger partial charge in [0.25, 0.3) is 0 Å². The van der Waals surface area contributed by atoms with Crippen molar-refractivity contribution in [2.24, 2.45) is 0 Å². The van der Waals surface area contributed by atoms with E-state index in [0.717, 1.165) is 26.1 Å². The van der Waals surface area contributed by atoms with Crippen molar-refractivity contribution in [3.63, 3.8) is 0 Å². The minimum Gasteiger partial charge on any atom is -1.00 e. The zero-order valence-corrected chi connectivity index (χ0v) is 9.64. The van der Waals surface area contributed by atoms with E-state index in [1.807, 2.05) is 0 Å². The molecule has 4 heteroatoms. The molecule has 8 heavy (non-hydrogen) atoms. The third-order valence-electron chi connectivity index (χ3n) is 0.789. The zero-order chi connectivity index (χ0) is 4.24. The first kappa shape index (κ1) is 12.6. The van der Waals surface area contributed by atoms with Crippen LogP contribution in [0.15, 0.2) is 0 Å². The van der Waals surface area contributed by atoms with E-state index < -0.39 is 0 Å². The molecule has 1 saturated heterocycles. The van der Waals surface area contributed by atoms with Crippen LogP contribution in [0.3, 0.4) is 0 Å². The average molecular weight is 136 g/mol. The molecule has 1 rings (SSSR count). The molecule has 0 unspecified atom stereocenters. The van der Waals surface area contributed by atoms with Crippen LogP contribution in [0.2, 0.25) is 0 Å². The van der Waals surface area contributed by atoms with Crippen LogP contribution < -0.4 is 59.1 Å². The smallest absolute Gasteiger partial charge is 1.00 e. The van der Waals surface area contributed by atoms with Crippen molar-refractivity contribution in [1.29, 1.82) is 0 Å². The van der Waals surface area contributed by atoms with Crippen molar-refractivity contribution in [2.45, 2.75) is 12.8 Å². The first-order valence-electron chi connectivity index (χ1n) is 2.24. The van der Waals surface area contributed by atoms with E-state index >= 15 is 0 Å². The fourth-order valence-electron chi connectivity index (χ4n) is 0.440. The summed E-state index contributed by atoms with van der Waals surface area (Å²) in [6, 6.07) is 0. The summed E-state index contributed by atoms with van der Waals surface area (Å²) >= 11 is 0. The van der Waals surface area contributed by atoms with Gasteiger partial charge in [0.2, 0.25) is 0 Å².